The lowest BCUT2D eigenvalue weighted by Crippen LogP contribution is -2.50. The van der Waals surface area contributed by atoms with Crippen LogP contribution in [0.15, 0.2) is 24.3 Å². The molecule has 0 radical (unpaired) electrons. The van der Waals surface area contributed by atoms with Crippen LogP contribution in [-0.4, -0.2) is 62.8 Å². The predicted octanol–water partition coefficient (Wildman–Crippen LogP) is 2.87. The second-order valence-electron chi connectivity index (χ2n) is 7.10. The Morgan fingerprint density at radius 1 is 1.10 bits per heavy atom. The van der Waals surface area contributed by atoms with E-state index in [2.05, 4.69) is 5.32 Å². The molecule has 1 aromatic carbocycles. The van der Waals surface area contributed by atoms with Crippen molar-refractivity contribution in [1.82, 2.24) is 10.2 Å². The van der Waals surface area contributed by atoms with Crippen molar-refractivity contribution in [3.8, 4) is 5.75 Å². The van der Waals surface area contributed by atoms with Crippen molar-refractivity contribution in [1.29, 1.82) is 0 Å². The molecule has 1 aromatic rings. The number of nitrogens with one attached hydrogen (secondary N) is 1. The number of methoxy groups -OCH3 is 3. The first kappa shape index (κ1) is 23.4. The molecule has 162 valence electrons. The van der Waals surface area contributed by atoms with Crippen LogP contribution in [0.3, 0.4) is 0 Å². The normalized spacial score (nSPS) is 15.8. The summed E-state index contributed by atoms with van der Waals surface area (Å²) < 4.78 is 15.7. The standard InChI is InChI=1S/C21H31ClN2O5/c1-27-17-11-9-15(10-12-17)20(21(26)23-16-7-5-4-6-8-16)24(18(25)13-22)14-19(28-2)29-3/h9-12,16,19-20H,4-8,13-14H2,1-3H3,(H,23,26)/t20-/m1/s1. The van der Waals surface area contributed by atoms with Gasteiger partial charge in [-0.05, 0) is 30.5 Å². The van der Waals surface area contributed by atoms with Gasteiger partial charge in [0.1, 0.15) is 17.7 Å². The topological polar surface area (TPSA) is 77.1 Å². The summed E-state index contributed by atoms with van der Waals surface area (Å²) in [5.74, 6) is -0.178. The fourth-order valence-corrected chi connectivity index (χ4v) is 3.77. The van der Waals surface area contributed by atoms with E-state index >= 15 is 0 Å². The first-order valence-corrected chi connectivity index (χ1v) is 10.4. The van der Waals surface area contributed by atoms with E-state index in [1.807, 2.05) is 0 Å². The lowest BCUT2D eigenvalue weighted by atomic mass is 9.94. The molecule has 1 atom stereocenters. The predicted molar refractivity (Wildman–Crippen MR) is 111 cm³/mol. The Bertz CT molecular complexity index is 645. The molecular weight excluding hydrogens is 396 g/mol. The number of amides is 2. The third-order valence-electron chi connectivity index (χ3n) is 5.25. The summed E-state index contributed by atoms with van der Waals surface area (Å²) in [6.45, 7) is 0.0767. The van der Waals surface area contributed by atoms with Gasteiger partial charge in [0.15, 0.2) is 6.29 Å². The van der Waals surface area contributed by atoms with Crippen LogP contribution in [0.4, 0.5) is 0 Å². The smallest absolute Gasteiger partial charge is 0.247 e. The van der Waals surface area contributed by atoms with Gasteiger partial charge >= 0.3 is 0 Å². The molecule has 0 saturated heterocycles. The summed E-state index contributed by atoms with van der Waals surface area (Å²) in [6.07, 6.45) is 4.60. The largest absolute Gasteiger partial charge is 0.497 e. The van der Waals surface area contributed by atoms with Crippen LogP contribution in [0.5, 0.6) is 5.75 Å². The lowest BCUT2D eigenvalue weighted by Gasteiger charge is -2.34. The van der Waals surface area contributed by atoms with Gasteiger partial charge in [0.05, 0.1) is 13.7 Å². The van der Waals surface area contributed by atoms with E-state index in [0.29, 0.717) is 11.3 Å². The van der Waals surface area contributed by atoms with Gasteiger partial charge < -0.3 is 24.4 Å². The number of benzene rings is 1. The number of rotatable bonds is 10. The summed E-state index contributed by atoms with van der Waals surface area (Å²) in [7, 11) is 4.55. The molecule has 1 saturated carbocycles. The van der Waals surface area contributed by atoms with E-state index in [1.54, 1.807) is 31.4 Å². The molecule has 0 heterocycles. The van der Waals surface area contributed by atoms with Crippen LogP contribution in [0.1, 0.15) is 43.7 Å². The van der Waals surface area contributed by atoms with E-state index in [9.17, 15) is 9.59 Å². The maximum absolute atomic E-state index is 13.3. The summed E-state index contributed by atoms with van der Waals surface area (Å²) in [6, 6.07) is 6.38. The molecule has 0 aromatic heterocycles. The van der Waals surface area contributed by atoms with E-state index in [-0.39, 0.29) is 30.3 Å². The zero-order chi connectivity index (χ0) is 21.2. The van der Waals surface area contributed by atoms with Gasteiger partial charge in [-0.25, -0.2) is 0 Å². The molecular formula is C21H31ClN2O5. The van der Waals surface area contributed by atoms with Crippen LogP contribution < -0.4 is 10.1 Å². The van der Waals surface area contributed by atoms with Crippen LogP contribution in [-0.2, 0) is 19.1 Å². The molecule has 29 heavy (non-hydrogen) atoms. The number of carbonyl (C=O) groups excluding carboxylic acids is 2. The fraction of sp³-hybridized carbons (Fsp3) is 0.619. The molecule has 1 fully saturated rings. The summed E-state index contributed by atoms with van der Waals surface area (Å²) in [5, 5.41) is 3.13. The second-order valence-corrected chi connectivity index (χ2v) is 7.37. The van der Waals surface area contributed by atoms with Crippen molar-refractivity contribution in [3.63, 3.8) is 0 Å². The van der Waals surface area contributed by atoms with Crippen molar-refractivity contribution in [2.24, 2.45) is 0 Å². The van der Waals surface area contributed by atoms with E-state index in [1.165, 1.54) is 25.5 Å². The number of hydrogen-bond acceptors (Lipinski definition) is 5. The zero-order valence-electron chi connectivity index (χ0n) is 17.4. The van der Waals surface area contributed by atoms with Crippen LogP contribution in [0.2, 0.25) is 0 Å². The molecule has 0 spiro atoms. The maximum Gasteiger partial charge on any atom is 0.247 e. The molecule has 1 aliphatic rings. The van der Waals surface area contributed by atoms with Crippen molar-refractivity contribution in [2.45, 2.75) is 50.5 Å². The number of alkyl halides is 1. The average Bonchev–Trinajstić information content (AvgIpc) is 2.77. The molecule has 0 aliphatic heterocycles. The van der Waals surface area contributed by atoms with Gasteiger partial charge in [0.2, 0.25) is 11.8 Å². The van der Waals surface area contributed by atoms with E-state index < -0.39 is 12.3 Å². The van der Waals surface area contributed by atoms with Crippen LogP contribution in [0, 0.1) is 0 Å². The Kier molecular flexibility index (Phi) is 9.70. The minimum absolute atomic E-state index is 0.0767. The quantitative estimate of drug-likeness (QED) is 0.460. The monoisotopic (exact) mass is 426 g/mol. The molecule has 0 bridgehead atoms. The van der Waals surface area contributed by atoms with Crippen molar-refractivity contribution in [3.05, 3.63) is 29.8 Å². The third kappa shape index (κ3) is 6.59. The Balaban J connectivity index is 2.35. The number of ether oxygens (including phenoxy) is 3. The first-order chi connectivity index (χ1) is 14.0. The van der Waals surface area contributed by atoms with Crippen molar-refractivity contribution < 1.29 is 23.8 Å². The Labute approximate surface area is 177 Å². The van der Waals surface area contributed by atoms with Gasteiger partial charge in [0.25, 0.3) is 0 Å². The minimum atomic E-state index is -0.845. The zero-order valence-corrected chi connectivity index (χ0v) is 18.1. The highest BCUT2D eigenvalue weighted by molar-refractivity contribution is 6.27. The minimum Gasteiger partial charge on any atom is -0.497 e. The number of halogens is 1. The number of carbonyl (C=O) groups is 2. The van der Waals surface area contributed by atoms with Crippen LogP contribution >= 0.6 is 11.6 Å². The van der Waals surface area contributed by atoms with Gasteiger partial charge in [-0.1, -0.05) is 31.4 Å². The number of hydrogen-bond donors (Lipinski definition) is 1. The molecule has 1 aliphatic carbocycles. The highest BCUT2D eigenvalue weighted by Crippen LogP contribution is 2.26. The number of nitrogens with zero attached hydrogens (tertiary/aromatic N) is 1. The molecule has 8 heteroatoms. The highest BCUT2D eigenvalue weighted by atomic mass is 35.5. The highest BCUT2D eigenvalue weighted by Gasteiger charge is 2.34. The second kappa shape index (κ2) is 12.0. The third-order valence-corrected chi connectivity index (χ3v) is 5.48. The van der Waals surface area contributed by atoms with Gasteiger partial charge in [0, 0.05) is 20.3 Å². The van der Waals surface area contributed by atoms with E-state index in [4.69, 9.17) is 25.8 Å². The summed E-state index contributed by atoms with van der Waals surface area (Å²) >= 11 is 5.87. The van der Waals surface area contributed by atoms with Crippen LogP contribution in [0.25, 0.3) is 0 Å². The SMILES string of the molecule is COc1ccc([C@H](C(=O)NC2CCCCC2)N(CC(OC)OC)C(=O)CCl)cc1. The summed E-state index contributed by atoms with van der Waals surface area (Å²) in [4.78, 5) is 27.4. The average molecular weight is 427 g/mol. The Morgan fingerprint density at radius 2 is 1.72 bits per heavy atom. The van der Waals surface area contributed by atoms with Gasteiger partial charge in [-0.15, -0.1) is 11.6 Å². The molecule has 2 rings (SSSR count). The van der Waals surface area contributed by atoms with Crippen molar-refractivity contribution in [2.75, 3.05) is 33.8 Å². The molecule has 0 unspecified atom stereocenters. The molecule has 7 nitrogen and oxygen atoms in total. The maximum atomic E-state index is 13.3. The summed E-state index contributed by atoms with van der Waals surface area (Å²) in [5.41, 5.74) is 0.670. The molecule has 2 amide bonds. The van der Waals surface area contributed by atoms with E-state index in [0.717, 1.165) is 25.7 Å². The fourth-order valence-electron chi connectivity index (χ4n) is 3.62. The van der Waals surface area contributed by atoms with Gasteiger partial charge in [-0.3, -0.25) is 9.59 Å². The van der Waals surface area contributed by atoms with Crippen molar-refractivity contribution >= 4 is 23.4 Å². The Morgan fingerprint density at radius 3 is 2.24 bits per heavy atom. The molecule has 1 N–H and O–H groups in total. The first-order valence-electron chi connectivity index (χ1n) is 9.89. The lowest BCUT2D eigenvalue weighted by molar-refractivity contribution is -0.153. The van der Waals surface area contributed by atoms with Gasteiger partial charge in [-0.2, -0.15) is 0 Å². The Hall–Kier alpha value is -1.83.